The molecule has 2 fully saturated rings. The second kappa shape index (κ2) is 11.1. The van der Waals surface area contributed by atoms with Gasteiger partial charge in [-0.3, -0.25) is 19.8 Å². The van der Waals surface area contributed by atoms with E-state index in [1.54, 1.807) is 7.05 Å². The van der Waals surface area contributed by atoms with Crippen molar-refractivity contribution in [3.8, 4) is 23.3 Å². The number of rotatable bonds is 5. The van der Waals surface area contributed by atoms with Crippen LogP contribution in [0.4, 0.5) is 18.9 Å². The molecule has 3 aromatic rings. The van der Waals surface area contributed by atoms with Crippen LogP contribution in [-0.4, -0.2) is 64.1 Å². The Labute approximate surface area is 263 Å². The molecule has 0 unspecified atom stereocenters. The SMILES string of the molecule is CN(C(=O)C#Cc1ccc(C(F)(F)F)cc1)[C@@H]1CC[C@H]2[C@H]3Cc4c([N+](=O)[O-])cc(O)c5c4[C@@]2(CCN3CCc2ccccc2)[C@H]1O5. The zero-order chi connectivity index (χ0) is 32.4. The number of likely N-dealkylation sites (tertiary alicyclic amines) is 1. The average Bonchev–Trinajstić information content (AvgIpc) is 3.39. The van der Waals surface area contributed by atoms with Crippen molar-refractivity contribution < 1.29 is 32.7 Å². The van der Waals surface area contributed by atoms with Gasteiger partial charge in [0.05, 0.1) is 22.6 Å². The lowest BCUT2D eigenvalue weighted by Gasteiger charge is -2.60. The highest BCUT2D eigenvalue weighted by molar-refractivity contribution is 5.94. The number of phenolic OH excluding ortho intramolecular Hbond substituents is 1. The van der Waals surface area contributed by atoms with Gasteiger partial charge in [0.2, 0.25) is 0 Å². The van der Waals surface area contributed by atoms with Crippen LogP contribution in [0.3, 0.4) is 0 Å². The number of alkyl halides is 3. The van der Waals surface area contributed by atoms with Crippen LogP contribution in [0, 0.1) is 27.9 Å². The highest BCUT2D eigenvalue weighted by Crippen LogP contribution is 2.65. The minimum absolute atomic E-state index is 0.0340. The Balaban J connectivity index is 1.21. The first-order chi connectivity index (χ1) is 22.0. The van der Waals surface area contributed by atoms with Gasteiger partial charge in [0.1, 0.15) is 6.10 Å². The van der Waals surface area contributed by atoms with Gasteiger partial charge in [0.25, 0.3) is 11.6 Å². The number of likely N-dealkylation sites (N-methyl/N-ethyl adjacent to an activating group) is 1. The molecule has 238 valence electrons. The van der Waals surface area contributed by atoms with Crippen LogP contribution < -0.4 is 4.74 Å². The van der Waals surface area contributed by atoms with Crippen LogP contribution in [0.25, 0.3) is 0 Å². The molecule has 1 N–H and O–H groups in total. The number of nitro groups is 1. The van der Waals surface area contributed by atoms with Crippen molar-refractivity contribution in [1.29, 1.82) is 0 Å². The predicted octanol–water partition coefficient (Wildman–Crippen LogP) is 5.48. The molecule has 7 rings (SSSR count). The zero-order valence-electron chi connectivity index (χ0n) is 25.1. The lowest BCUT2D eigenvalue weighted by atomic mass is 9.50. The van der Waals surface area contributed by atoms with E-state index in [0.717, 1.165) is 43.6 Å². The quantitative estimate of drug-likeness (QED) is 0.228. The molecule has 4 aliphatic rings. The van der Waals surface area contributed by atoms with Gasteiger partial charge < -0.3 is 14.7 Å². The molecule has 3 aromatic carbocycles. The summed E-state index contributed by atoms with van der Waals surface area (Å²) in [6.07, 6.45) is -1.67. The summed E-state index contributed by atoms with van der Waals surface area (Å²) >= 11 is 0. The van der Waals surface area contributed by atoms with Crippen LogP contribution in [0.15, 0.2) is 60.7 Å². The molecule has 1 saturated carbocycles. The second-order valence-corrected chi connectivity index (χ2v) is 12.7. The van der Waals surface area contributed by atoms with E-state index in [9.17, 15) is 33.2 Å². The zero-order valence-corrected chi connectivity index (χ0v) is 25.1. The van der Waals surface area contributed by atoms with Crippen molar-refractivity contribution in [3.63, 3.8) is 0 Å². The van der Waals surface area contributed by atoms with Crippen LogP contribution in [-0.2, 0) is 29.2 Å². The van der Waals surface area contributed by atoms with Gasteiger partial charge in [-0.1, -0.05) is 36.3 Å². The summed E-state index contributed by atoms with van der Waals surface area (Å²) in [6, 6.07) is 15.3. The van der Waals surface area contributed by atoms with Crippen molar-refractivity contribution >= 4 is 11.6 Å². The number of hydrogen-bond donors (Lipinski definition) is 1. The fourth-order valence-corrected chi connectivity index (χ4v) is 8.52. The third kappa shape index (κ3) is 4.78. The smallest absolute Gasteiger partial charge is 0.416 e. The summed E-state index contributed by atoms with van der Waals surface area (Å²) in [4.78, 5) is 29.2. The van der Waals surface area contributed by atoms with Gasteiger partial charge in [-0.25, -0.2) is 0 Å². The molecule has 11 heteroatoms. The first-order valence-electron chi connectivity index (χ1n) is 15.4. The molecular weight excluding hydrogens is 599 g/mol. The number of piperidine rings is 1. The molecule has 46 heavy (non-hydrogen) atoms. The highest BCUT2D eigenvalue weighted by atomic mass is 19.4. The Kier molecular flexibility index (Phi) is 7.24. The minimum Gasteiger partial charge on any atom is -0.504 e. The van der Waals surface area contributed by atoms with Crippen molar-refractivity contribution in [1.82, 2.24) is 9.80 Å². The molecule has 2 heterocycles. The Bertz CT molecular complexity index is 1770. The van der Waals surface area contributed by atoms with Gasteiger partial charge in [-0.15, -0.1) is 0 Å². The Hall–Kier alpha value is -4.56. The second-order valence-electron chi connectivity index (χ2n) is 12.7. The first-order valence-corrected chi connectivity index (χ1v) is 15.4. The Morgan fingerprint density at radius 2 is 1.91 bits per heavy atom. The number of benzene rings is 3. The highest BCUT2D eigenvalue weighted by Gasteiger charge is 2.67. The number of aromatic hydroxyl groups is 1. The molecule has 2 bridgehead atoms. The monoisotopic (exact) mass is 631 g/mol. The van der Waals surface area contributed by atoms with Gasteiger partial charge in [0, 0.05) is 47.7 Å². The first kappa shape index (κ1) is 30.1. The van der Waals surface area contributed by atoms with Gasteiger partial charge in [-0.05, 0) is 74.4 Å². The van der Waals surface area contributed by atoms with Gasteiger partial charge in [0.15, 0.2) is 11.5 Å². The fourth-order valence-electron chi connectivity index (χ4n) is 8.52. The van der Waals surface area contributed by atoms with E-state index in [-0.39, 0.29) is 34.7 Å². The van der Waals surface area contributed by atoms with E-state index in [1.165, 1.54) is 28.7 Å². The van der Waals surface area contributed by atoms with E-state index in [2.05, 4.69) is 28.9 Å². The van der Waals surface area contributed by atoms with Crippen molar-refractivity contribution in [2.45, 2.75) is 61.9 Å². The summed E-state index contributed by atoms with van der Waals surface area (Å²) in [6.45, 7) is 1.55. The Morgan fingerprint density at radius 1 is 1.17 bits per heavy atom. The number of ether oxygens (including phenoxy) is 1. The van der Waals surface area contributed by atoms with E-state index in [1.807, 2.05) is 18.2 Å². The summed E-state index contributed by atoms with van der Waals surface area (Å²) in [5.41, 5.74) is 1.29. The molecule has 8 nitrogen and oxygen atoms in total. The molecule has 1 amide bonds. The number of phenols is 1. The van der Waals surface area contributed by atoms with Crippen molar-refractivity contribution in [3.05, 3.63) is 98.6 Å². The maximum absolute atomic E-state index is 13.4. The topological polar surface area (TPSA) is 96.2 Å². The van der Waals surface area contributed by atoms with Crippen molar-refractivity contribution in [2.75, 3.05) is 20.1 Å². The van der Waals surface area contributed by atoms with Crippen LogP contribution >= 0.6 is 0 Å². The third-order valence-electron chi connectivity index (χ3n) is 10.6. The predicted molar refractivity (Wildman–Crippen MR) is 162 cm³/mol. The normalized spacial score (nSPS) is 25.9. The average molecular weight is 632 g/mol. The number of nitrogens with zero attached hydrogens (tertiary/aromatic N) is 3. The van der Waals surface area contributed by atoms with Crippen LogP contribution in [0.5, 0.6) is 11.5 Å². The van der Waals surface area contributed by atoms with Crippen molar-refractivity contribution in [2.24, 2.45) is 5.92 Å². The molecule has 2 aliphatic heterocycles. The maximum Gasteiger partial charge on any atom is 0.416 e. The van der Waals surface area contributed by atoms with E-state index in [4.69, 9.17) is 4.74 Å². The van der Waals surface area contributed by atoms with Crippen LogP contribution in [0.1, 0.15) is 47.1 Å². The number of halogens is 3. The number of hydrogen-bond acceptors (Lipinski definition) is 6. The third-order valence-corrected chi connectivity index (χ3v) is 10.6. The minimum atomic E-state index is -4.47. The van der Waals surface area contributed by atoms with E-state index >= 15 is 0 Å². The number of amides is 1. The largest absolute Gasteiger partial charge is 0.504 e. The van der Waals surface area contributed by atoms with Gasteiger partial charge in [-0.2, -0.15) is 13.2 Å². The van der Waals surface area contributed by atoms with Gasteiger partial charge >= 0.3 is 6.18 Å². The van der Waals surface area contributed by atoms with E-state index in [0.29, 0.717) is 24.8 Å². The summed E-state index contributed by atoms with van der Waals surface area (Å²) in [5.74, 6) is 4.85. The summed E-state index contributed by atoms with van der Waals surface area (Å²) in [7, 11) is 1.64. The standard InChI is InChI=1S/C35H32F3N3O5/c1-39(30(43)14-9-22-7-10-23(11-8-22)35(36,37)38)26-13-12-25-28-19-24-27(41(44)45)20-29(42)32-31(24)34(25,33(26)46-32)16-18-40(28)17-15-21-5-3-2-4-6-21/h2-8,10-11,20,25-26,28,33,42H,12-13,15-19H2,1H3/t25-,26+,28+,33-,34-/m0/s1. The van der Waals surface area contributed by atoms with Crippen LogP contribution in [0.2, 0.25) is 0 Å². The molecule has 1 spiro atoms. The molecule has 5 atom stereocenters. The molecule has 0 aromatic heterocycles. The number of carbonyl (C=O) groups is 1. The van der Waals surface area contributed by atoms with E-state index < -0.39 is 40.1 Å². The summed E-state index contributed by atoms with van der Waals surface area (Å²) in [5, 5.41) is 23.3. The lowest BCUT2D eigenvalue weighted by Crippen LogP contribution is -2.69. The molecule has 0 radical (unpaired) electrons. The molecular formula is C35H32F3N3O5. The number of carbonyl (C=O) groups excluding carboxylic acids is 1. The Morgan fingerprint density at radius 3 is 2.61 bits per heavy atom. The summed E-state index contributed by atoms with van der Waals surface area (Å²) < 4.78 is 45.4. The fraction of sp³-hybridized carbons (Fsp3) is 0.400. The molecule has 1 saturated heterocycles. The lowest BCUT2D eigenvalue weighted by molar-refractivity contribution is -0.385. The maximum atomic E-state index is 13.4. The molecule has 2 aliphatic carbocycles. The number of nitro benzene ring substituents is 1.